The van der Waals surface area contributed by atoms with E-state index in [2.05, 4.69) is 13.8 Å². The molecule has 0 aromatic heterocycles. The number of rotatable bonds is 2. The number of hydrogen-bond acceptors (Lipinski definition) is 1. The minimum Gasteiger partial charge on any atom is -0.378 e. The molecule has 0 aromatic carbocycles. The van der Waals surface area contributed by atoms with Gasteiger partial charge in [-0.25, -0.2) is 0 Å². The van der Waals surface area contributed by atoms with Crippen LogP contribution in [0.5, 0.6) is 0 Å². The van der Waals surface area contributed by atoms with E-state index in [0.717, 1.165) is 17.9 Å². The van der Waals surface area contributed by atoms with Crippen LogP contribution in [0.4, 0.5) is 0 Å². The zero-order chi connectivity index (χ0) is 9.31. The van der Waals surface area contributed by atoms with Gasteiger partial charge in [0.2, 0.25) is 0 Å². The van der Waals surface area contributed by atoms with Crippen molar-refractivity contribution >= 4 is 0 Å². The summed E-state index contributed by atoms with van der Waals surface area (Å²) in [5, 5.41) is 0. The van der Waals surface area contributed by atoms with Gasteiger partial charge in [-0.1, -0.05) is 19.8 Å². The highest BCUT2D eigenvalue weighted by Crippen LogP contribution is 2.53. The smallest absolute Gasteiger partial charge is 0.0585 e. The summed E-state index contributed by atoms with van der Waals surface area (Å²) in [6.07, 6.45) is 9.17. The molecule has 0 aliphatic heterocycles. The van der Waals surface area contributed by atoms with Crippen molar-refractivity contribution in [3.63, 3.8) is 0 Å². The van der Waals surface area contributed by atoms with Crippen molar-refractivity contribution in [2.75, 3.05) is 6.61 Å². The van der Waals surface area contributed by atoms with Gasteiger partial charge in [-0.3, -0.25) is 0 Å². The van der Waals surface area contributed by atoms with E-state index in [1.54, 1.807) is 0 Å². The third-order valence-corrected chi connectivity index (χ3v) is 4.06. The average molecular weight is 182 g/mol. The third kappa shape index (κ3) is 1.90. The highest BCUT2D eigenvalue weighted by Gasteiger charge is 2.45. The van der Waals surface area contributed by atoms with Gasteiger partial charge < -0.3 is 4.74 Å². The molecular formula is C12H22O. The number of ether oxygens (including phenoxy) is 1. The Morgan fingerprint density at radius 3 is 2.38 bits per heavy atom. The van der Waals surface area contributed by atoms with Crippen molar-refractivity contribution in [1.29, 1.82) is 0 Å². The summed E-state index contributed by atoms with van der Waals surface area (Å²) in [5.41, 5.74) is 0.729. The molecule has 2 fully saturated rings. The van der Waals surface area contributed by atoms with Gasteiger partial charge in [0.25, 0.3) is 0 Å². The molecule has 1 spiro atoms. The molecule has 2 aliphatic carbocycles. The predicted octanol–water partition coefficient (Wildman–Crippen LogP) is 3.38. The normalized spacial score (nSPS) is 44.8. The molecule has 1 nitrogen and oxygen atoms in total. The fourth-order valence-corrected chi connectivity index (χ4v) is 3.04. The van der Waals surface area contributed by atoms with Gasteiger partial charge in [0.15, 0.2) is 0 Å². The SMILES string of the molecule is CCOC1CC2(CCC(C)CC2)C1. The van der Waals surface area contributed by atoms with E-state index in [-0.39, 0.29) is 0 Å². The van der Waals surface area contributed by atoms with Crippen molar-refractivity contribution < 1.29 is 4.74 Å². The van der Waals surface area contributed by atoms with E-state index in [4.69, 9.17) is 4.74 Å². The highest BCUT2D eigenvalue weighted by atomic mass is 16.5. The Labute approximate surface area is 81.9 Å². The summed E-state index contributed by atoms with van der Waals surface area (Å²) < 4.78 is 5.63. The van der Waals surface area contributed by atoms with Crippen molar-refractivity contribution in [3.05, 3.63) is 0 Å². The molecule has 0 amide bonds. The maximum atomic E-state index is 5.63. The quantitative estimate of drug-likeness (QED) is 0.636. The molecule has 0 radical (unpaired) electrons. The van der Waals surface area contributed by atoms with Crippen LogP contribution < -0.4 is 0 Å². The van der Waals surface area contributed by atoms with Crippen molar-refractivity contribution in [1.82, 2.24) is 0 Å². The first kappa shape index (κ1) is 9.51. The Morgan fingerprint density at radius 2 is 1.85 bits per heavy atom. The van der Waals surface area contributed by atoms with Crippen molar-refractivity contribution in [3.8, 4) is 0 Å². The molecule has 0 saturated heterocycles. The molecule has 1 heteroatoms. The lowest BCUT2D eigenvalue weighted by atomic mass is 9.58. The summed E-state index contributed by atoms with van der Waals surface area (Å²) in [5.74, 6) is 0.983. The Hall–Kier alpha value is -0.0400. The summed E-state index contributed by atoms with van der Waals surface area (Å²) >= 11 is 0. The van der Waals surface area contributed by atoms with Crippen LogP contribution in [0.3, 0.4) is 0 Å². The third-order valence-electron chi connectivity index (χ3n) is 4.06. The second kappa shape index (κ2) is 3.61. The van der Waals surface area contributed by atoms with E-state index in [1.807, 2.05) is 0 Å². The topological polar surface area (TPSA) is 9.23 Å². The summed E-state index contributed by atoms with van der Waals surface area (Å²) in [4.78, 5) is 0. The second-order valence-corrected chi connectivity index (χ2v) is 5.17. The molecule has 13 heavy (non-hydrogen) atoms. The molecule has 0 unspecified atom stereocenters. The first-order valence-corrected chi connectivity index (χ1v) is 5.86. The van der Waals surface area contributed by atoms with Crippen LogP contribution in [0.25, 0.3) is 0 Å². The van der Waals surface area contributed by atoms with Crippen LogP contribution in [-0.2, 0) is 4.74 Å². The van der Waals surface area contributed by atoms with Gasteiger partial charge in [-0.15, -0.1) is 0 Å². The minimum atomic E-state index is 0.610. The van der Waals surface area contributed by atoms with Gasteiger partial charge in [-0.2, -0.15) is 0 Å². The molecule has 0 atom stereocenters. The zero-order valence-corrected chi connectivity index (χ0v) is 9.01. The van der Waals surface area contributed by atoms with Crippen LogP contribution in [0.2, 0.25) is 0 Å². The Kier molecular flexibility index (Phi) is 2.64. The summed E-state index contributed by atoms with van der Waals surface area (Å²) in [6, 6.07) is 0. The van der Waals surface area contributed by atoms with Crippen LogP contribution in [0.15, 0.2) is 0 Å². The van der Waals surface area contributed by atoms with Gasteiger partial charge >= 0.3 is 0 Å². The molecule has 2 aliphatic rings. The fourth-order valence-electron chi connectivity index (χ4n) is 3.04. The lowest BCUT2D eigenvalue weighted by molar-refractivity contribution is -0.0967. The lowest BCUT2D eigenvalue weighted by Crippen LogP contribution is -2.44. The number of hydrogen-bond donors (Lipinski definition) is 0. The van der Waals surface area contributed by atoms with Crippen LogP contribution >= 0.6 is 0 Å². The molecule has 0 heterocycles. The molecule has 2 rings (SSSR count). The lowest BCUT2D eigenvalue weighted by Gasteiger charge is -2.51. The Morgan fingerprint density at radius 1 is 1.23 bits per heavy atom. The molecule has 0 N–H and O–H groups in total. The molecule has 2 saturated carbocycles. The van der Waals surface area contributed by atoms with E-state index in [9.17, 15) is 0 Å². The van der Waals surface area contributed by atoms with Gasteiger partial charge in [0, 0.05) is 6.61 Å². The average Bonchev–Trinajstić information content (AvgIpc) is 2.07. The van der Waals surface area contributed by atoms with Gasteiger partial charge in [0.05, 0.1) is 6.10 Å². The zero-order valence-electron chi connectivity index (χ0n) is 9.01. The van der Waals surface area contributed by atoms with Crippen molar-refractivity contribution in [2.24, 2.45) is 11.3 Å². The van der Waals surface area contributed by atoms with E-state index < -0.39 is 0 Å². The minimum absolute atomic E-state index is 0.610. The summed E-state index contributed by atoms with van der Waals surface area (Å²) in [6.45, 7) is 5.40. The Bertz CT molecular complexity index is 160. The van der Waals surface area contributed by atoms with Crippen LogP contribution in [0, 0.1) is 11.3 Å². The first-order valence-electron chi connectivity index (χ1n) is 5.86. The Balaban J connectivity index is 1.76. The second-order valence-electron chi connectivity index (χ2n) is 5.17. The monoisotopic (exact) mass is 182 g/mol. The van der Waals surface area contributed by atoms with Crippen molar-refractivity contribution in [2.45, 2.75) is 58.5 Å². The molecule has 76 valence electrons. The fraction of sp³-hybridized carbons (Fsp3) is 1.00. The van der Waals surface area contributed by atoms with Crippen LogP contribution in [-0.4, -0.2) is 12.7 Å². The largest absolute Gasteiger partial charge is 0.378 e. The first-order chi connectivity index (χ1) is 6.24. The highest BCUT2D eigenvalue weighted by molar-refractivity contribution is 4.96. The molecular weight excluding hydrogens is 160 g/mol. The van der Waals surface area contributed by atoms with Crippen LogP contribution in [0.1, 0.15) is 52.4 Å². The summed E-state index contributed by atoms with van der Waals surface area (Å²) in [7, 11) is 0. The van der Waals surface area contributed by atoms with E-state index in [0.29, 0.717) is 6.10 Å². The molecule has 0 bridgehead atoms. The molecule has 0 aromatic rings. The predicted molar refractivity (Wildman–Crippen MR) is 54.7 cm³/mol. The van der Waals surface area contributed by atoms with Gasteiger partial charge in [-0.05, 0) is 43.9 Å². The maximum absolute atomic E-state index is 5.63. The van der Waals surface area contributed by atoms with E-state index in [1.165, 1.54) is 38.5 Å². The van der Waals surface area contributed by atoms with E-state index >= 15 is 0 Å². The maximum Gasteiger partial charge on any atom is 0.0585 e. The van der Waals surface area contributed by atoms with Gasteiger partial charge in [0.1, 0.15) is 0 Å². The standard InChI is InChI=1S/C12H22O/c1-3-13-11-8-12(9-11)6-4-10(2)5-7-12/h10-11H,3-9H2,1-2H3.